The summed E-state index contributed by atoms with van der Waals surface area (Å²) in [4.78, 5) is 11.5. The molecule has 0 heterocycles. The molecular weight excluding hydrogens is 283 g/mol. The summed E-state index contributed by atoms with van der Waals surface area (Å²) < 4.78 is 5.12. The molecule has 0 atom stereocenters. The van der Waals surface area contributed by atoms with Crippen LogP contribution in [0.15, 0.2) is 0 Å². The first-order chi connectivity index (χ1) is 6.26. The summed E-state index contributed by atoms with van der Waals surface area (Å²) in [6.07, 6.45) is 4.97. The van der Waals surface area contributed by atoms with Gasteiger partial charge in [-0.05, 0) is 19.3 Å². The number of carbonyl (C=O) groups excluding carboxylic acids is 1. The maximum absolute atomic E-state index is 11.5. The molecule has 0 aromatic rings. The summed E-state index contributed by atoms with van der Waals surface area (Å²) >= 11 is 0. The monoisotopic (exact) mass is 308 g/mol. The fourth-order valence-electron chi connectivity index (χ4n) is 1.40. The van der Waals surface area contributed by atoms with E-state index < -0.39 is 0 Å². The fourth-order valence-corrected chi connectivity index (χ4v) is 1.40. The number of hydrogen-bond donors (Lipinski definition) is 0. The predicted molar refractivity (Wildman–Crippen MR) is 63.1 cm³/mol. The Bertz CT molecular complexity index is 131. The van der Waals surface area contributed by atoms with E-state index in [9.17, 15) is 4.79 Å². The normalized spacial score (nSPS) is 9.71. The molecule has 0 amide bonds. The molecule has 14 heavy (non-hydrogen) atoms. The molecule has 0 bridgehead atoms. The fraction of sp³-hybridized carbons (Fsp3) is 0.909. The molecule has 0 rings (SSSR count). The number of carbonyl (C=O) groups is 1. The molecule has 0 aromatic carbocycles. The molecular formula is C11H24O2Sn. The van der Waals surface area contributed by atoms with Crippen LogP contribution in [0.2, 0.25) is 0 Å². The Hall–Kier alpha value is 0.269. The second-order valence-electron chi connectivity index (χ2n) is 3.44. The Morgan fingerprint density at radius 2 is 1.57 bits per heavy atom. The van der Waals surface area contributed by atoms with Crippen molar-refractivity contribution in [2.45, 2.75) is 52.9 Å². The molecule has 84 valence electrons. The van der Waals surface area contributed by atoms with Crippen molar-refractivity contribution in [3.05, 3.63) is 0 Å². The molecule has 0 saturated heterocycles. The molecule has 0 N–H and O–H groups in total. The molecule has 0 aliphatic heterocycles. The summed E-state index contributed by atoms with van der Waals surface area (Å²) in [6.45, 7) is 6.80. The topological polar surface area (TPSA) is 26.3 Å². The van der Waals surface area contributed by atoms with Crippen molar-refractivity contribution in [3.8, 4) is 0 Å². The van der Waals surface area contributed by atoms with Crippen LogP contribution in [0.25, 0.3) is 0 Å². The van der Waals surface area contributed by atoms with Gasteiger partial charge in [0.2, 0.25) is 0 Å². The van der Waals surface area contributed by atoms with E-state index in [1.54, 1.807) is 0 Å². The standard InChI is InChI=1S/C11H22O2.Sn.2H/c1-4-7-10(8-5-2)11(12)13-9-6-3;;;/h10H,4-9H2,1-3H3;;;. The molecule has 2 radical (unpaired) electrons. The van der Waals surface area contributed by atoms with Gasteiger partial charge < -0.3 is 4.74 Å². The van der Waals surface area contributed by atoms with Gasteiger partial charge in [-0.3, -0.25) is 4.79 Å². The van der Waals surface area contributed by atoms with Crippen LogP contribution in [-0.2, 0) is 9.53 Å². The number of ether oxygens (including phenoxy) is 1. The first-order valence-corrected chi connectivity index (χ1v) is 5.42. The zero-order valence-corrected chi connectivity index (χ0v) is 13.9. The third-order valence-electron chi connectivity index (χ3n) is 2.06. The van der Waals surface area contributed by atoms with E-state index >= 15 is 0 Å². The van der Waals surface area contributed by atoms with Gasteiger partial charge in [-0.2, -0.15) is 0 Å². The van der Waals surface area contributed by atoms with Gasteiger partial charge in [0.1, 0.15) is 0 Å². The second kappa shape index (κ2) is 11.3. The number of rotatable bonds is 7. The van der Waals surface area contributed by atoms with Crippen molar-refractivity contribution >= 4 is 29.9 Å². The van der Waals surface area contributed by atoms with Crippen LogP contribution in [0, 0.1) is 5.92 Å². The Morgan fingerprint density at radius 3 is 1.93 bits per heavy atom. The Balaban J connectivity index is 0. The van der Waals surface area contributed by atoms with E-state index in [-0.39, 0.29) is 35.8 Å². The summed E-state index contributed by atoms with van der Waals surface area (Å²) in [6, 6.07) is 0. The van der Waals surface area contributed by atoms with Gasteiger partial charge in [-0.1, -0.05) is 33.6 Å². The predicted octanol–water partition coefficient (Wildman–Crippen LogP) is 2.24. The summed E-state index contributed by atoms with van der Waals surface area (Å²) in [7, 11) is 0. The summed E-state index contributed by atoms with van der Waals surface area (Å²) in [5.74, 6) is 0.145. The van der Waals surface area contributed by atoms with Gasteiger partial charge in [0, 0.05) is 0 Å². The van der Waals surface area contributed by atoms with Gasteiger partial charge in [-0.15, -0.1) is 0 Å². The Morgan fingerprint density at radius 1 is 1.07 bits per heavy atom. The molecule has 0 saturated carbocycles. The average molecular weight is 307 g/mol. The van der Waals surface area contributed by atoms with Crippen LogP contribution in [-0.4, -0.2) is 36.5 Å². The molecule has 2 nitrogen and oxygen atoms in total. The van der Waals surface area contributed by atoms with Crippen molar-refractivity contribution in [2.24, 2.45) is 5.92 Å². The third-order valence-corrected chi connectivity index (χ3v) is 2.06. The van der Waals surface area contributed by atoms with Crippen LogP contribution < -0.4 is 0 Å². The van der Waals surface area contributed by atoms with E-state index in [4.69, 9.17) is 4.74 Å². The number of hydrogen-bond acceptors (Lipinski definition) is 2. The maximum atomic E-state index is 11.5. The van der Waals surface area contributed by atoms with Gasteiger partial charge in [0.05, 0.1) is 12.5 Å². The van der Waals surface area contributed by atoms with E-state index in [2.05, 4.69) is 13.8 Å². The summed E-state index contributed by atoms with van der Waals surface area (Å²) in [5.41, 5.74) is 0. The molecule has 0 unspecified atom stereocenters. The van der Waals surface area contributed by atoms with Crippen molar-refractivity contribution in [3.63, 3.8) is 0 Å². The van der Waals surface area contributed by atoms with E-state index in [1.165, 1.54) is 0 Å². The molecule has 0 aromatic heterocycles. The van der Waals surface area contributed by atoms with Gasteiger partial charge >= 0.3 is 29.9 Å². The van der Waals surface area contributed by atoms with Gasteiger partial charge in [-0.25, -0.2) is 0 Å². The van der Waals surface area contributed by atoms with E-state index in [1.807, 2.05) is 6.92 Å². The van der Waals surface area contributed by atoms with Crippen molar-refractivity contribution in [1.29, 1.82) is 0 Å². The van der Waals surface area contributed by atoms with E-state index in [0.717, 1.165) is 32.1 Å². The second-order valence-corrected chi connectivity index (χ2v) is 3.44. The van der Waals surface area contributed by atoms with Gasteiger partial charge in [0.15, 0.2) is 0 Å². The first kappa shape index (κ1) is 16.7. The van der Waals surface area contributed by atoms with Crippen molar-refractivity contribution < 1.29 is 9.53 Å². The van der Waals surface area contributed by atoms with Crippen LogP contribution >= 0.6 is 0 Å². The third kappa shape index (κ3) is 7.65. The van der Waals surface area contributed by atoms with Gasteiger partial charge in [0.25, 0.3) is 0 Å². The molecule has 0 spiro atoms. The molecule has 0 fully saturated rings. The minimum absolute atomic E-state index is 0. The Kier molecular flexibility index (Phi) is 13.5. The molecule has 0 aliphatic rings. The zero-order chi connectivity index (χ0) is 10.1. The molecule has 3 heteroatoms. The van der Waals surface area contributed by atoms with Crippen LogP contribution in [0.5, 0.6) is 0 Å². The van der Waals surface area contributed by atoms with E-state index in [0.29, 0.717) is 6.61 Å². The SMILES string of the molecule is CCCOC(=O)C(CCC)CCC.[SnH2]. The Labute approximate surface area is 105 Å². The van der Waals surface area contributed by atoms with Crippen LogP contribution in [0.4, 0.5) is 0 Å². The molecule has 0 aliphatic carbocycles. The zero-order valence-electron chi connectivity index (χ0n) is 9.84. The number of esters is 1. The van der Waals surface area contributed by atoms with Crippen LogP contribution in [0.3, 0.4) is 0 Å². The summed E-state index contributed by atoms with van der Waals surface area (Å²) in [5, 5.41) is 0. The quantitative estimate of drug-likeness (QED) is 0.533. The van der Waals surface area contributed by atoms with Crippen molar-refractivity contribution in [2.75, 3.05) is 6.61 Å². The first-order valence-electron chi connectivity index (χ1n) is 5.42. The van der Waals surface area contributed by atoms with Crippen molar-refractivity contribution in [1.82, 2.24) is 0 Å². The van der Waals surface area contributed by atoms with Crippen LogP contribution in [0.1, 0.15) is 52.9 Å². The average Bonchev–Trinajstić information content (AvgIpc) is 2.14. The minimum atomic E-state index is 0.